The third kappa shape index (κ3) is 17.6. The van der Waals surface area contributed by atoms with Gasteiger partial charge in [0.2, 0.25) is 29.5 Å². The average Bonchev–Trinajstić information content (AvgIpc) is 3.27. The second kappa shape index (κ2) is 28.7. The molecule has 0 aliphatic heterocycles. The van der Waals surface area contributed by atoms with Gasteiger partial charge in [0, 0.05) is 30.0 Å². The number of esters is 1. The first-order chi connectivity index (χ1) is 31.4. The van der Waals surface area contributed by atoms with Crippen molar-refractivity contribution in [2.24, 2.45) is 35.5 Å². The number of nitrogens with one attached hydrogen (secondary N) is 6. The molecule has 0 saturated heterocycles. The lowest BCUT2D eigenvalue weighted by molar-refractivity contribution is -0.153. The molecule has 0 unspecified atom stereocenters. The molecule has 3 fully saturated rings. The summed E-state index contributed by atoms with van der Waals surface area (Å²) in [6, 6.07) is 6.30. The van der Waals surface area contributed by atoms with Gasteiger partial charge in [0.1, 0.15) is 30.3 Å². The molecule has 0 heterocycles. The number of carbonyl (C=O) groups excluding carboxylic acids is 7. The zero-order valence-corrected chi connectivity index (χ0v) is 42.3. The molecule has 0 radical (unpaired) electrons. The summed E-state index contributed by atoms with van der Waals surface area (Å²) in [7, 11) is 0. The summed E-state index contributed by atoms with van der Waals surface area (Å²) in [5, 5.41) is 18.0. The maximum absolute atomic E-state index is 14.0. The van der Waals surface area contributed by atoms with Crippen molar-refractivity contribution in [1.29, 1.82) is 0 Å². The highest BCUT2D eigenvalue weighted by Crippen LogP contribution is 2.36. The van der Waals surface area contributed by atoms with Gasteiger partial charge in [0.15, 0.2) is 0 Å². The van der Waals surface area contributed by atoms with Crippen LogP contribution in [0.15, 0.2) is 30.3 Å². The molecule has 6 amide bonds. The van der Waals surface area contributed by atoms with E-state index in [4.69, 9.17) is 9.47 Å². The molecule has 10 N–H and O–H groups in total. The van der Waals surface area contributed by atoms with Gasteiger partial charge in [-0.25, -0.2) is 4.79 Å². The largest absolute Gasteiger partial charge is 0.461 e. The molecule has 17 heteroatoms. The Morgan fingerprint density at radius 3 is 1.25 bits per heavy atom. The average molecular weight is 959 g/mol. The van der Waals surface area contributed by atoms with Gasteiger partial charge in [0.05, 0.1) is 5.92 Å². The Balaban J connectivity index is 0.00000793. The Morgan fingerprint density at radius 1 is 0.529 bits per heavy atom. The zero-order chi connectivity index (χ0) is 48.6. The maximum atomic E-state index is 14.0. The minimum atomic E-state index is -0.844. The molecule has 68 heavy (non-hydrogen) atoms. The number of alkyl carbamates (subject to hydrolysis) is 1. The van der Waals surface area contributed by atoms with Crippen molar-refractivity contribution in [1.82, 2.24) is 31.9 Å². The molecule has 386 valence electrons. The van der Waals surface area contributed by atoms with E-state index in [2.05, 4.69) is 31.9 Å². The van der Waals surface area contributed by atoms with Gasteiger partial charge >= 0.3 is 12.1 Å². The summed E-state index contributed by atoms with van der Waals surface area (Å²) in [4.78, 5) is 94.3. The number of amides is 6. The Labute approximate surface area is 404 Å². The summed E-state index contributed by atoms with van der Waals surface area (Å²) < 4.78 is 11.1. The van der Waals surface area contributed by atoms with Crippen molar-refractivity contribution in [3.8, 4) is 0 Å². The van der Waals surface area contributed by atoms with Crippen molar-refractivity contribution in [2.75, 3.05) is 0 Å². The summed E-state index contributed by atoms with van der Waals surface area (Å²) in [6.45, 7) is 16.3. The standard InChI is InChI=1S/C51H82N6O9.2H2O/c1-10-35(47(61)53-32(5)45(59)57-43-29-21-18-26-40(43)37(12-3)49(63)65-30-34-22-14-13-15-23-34)38-24-16-19-27-41(38)55-44(58)31(4)52-48(62)36(11-2)39-25-17-20-28-42(39)56-46(60)33(6)54-50(64)66-51(7,8)9;;/h13-15,22-23,31-33,35-43H,10-12,16-21,24-30H2,1-9H3,(H,52,62)(H,53,61)(H,54,64)(H,55,58)(H,56,60)(H,57,59);2*1H2/t31-,32-,33-,35-,36-,37-,38-,39-,40-,41-,42-,43-;;/m1../s1. The van der Waals surface area contributed by atoms with Crippen LogP contribution in [-0.4, -0.2) is 94.4 Å². The quantitative estimate of drug-likeness (QED) is 0.0947. The van der Waals surface area contributed by atoms with Gasteiger partial charge in [-0.3, -0.25) is 28.8 Å². The summed E-state index contributed by atoms with van der Waals surface area (Å²) in [5.74, 6) is -3.37. The molecule has 17 nitrogen and oxygen atoms in total. The number of rotatable bonds is 20. The third-order valence-electron chi connectivity index (χ3n) is 14.1. The van der Waals surface area contributed by atoms with Gasteiger partial charge in [-0.1, -0.05) is 89.6 Å². The van der Waals surface area contributed by atoms with Gasteiger partial charge in [-0.05, 0) is 123 Å². The second-order valence-electron chi connectivity index (χ2n) is 20.2. The van der Waals surface area contributed by atoms with E-state index in [1.807, 2.05) is 51.1 Å². The number of ether oxygens (including phenoxy) is 2. The fourth-order valence-corrected chi connectivity index (χ4v) is 10.6. The van der Waals surface area contributed by atoms with Crippen LogP contribution < -0.4 is 31.9 Å². The molecule has 0 spiro atoms. The van der Waals surface area contributed by atoms with Crippen LogP contribution in [0.2, 0.25) is 0 Å². The number of benzene rings is 1. The lowest BCUT2D eigenvalue weighted by atomic mass is 9.74. The van der Waals surface area contributed by atoms with E-state index >= 15 is 0 Å². The van der Waals surface area contributed by atoms with Crippen LogP contribution in [0.3, 0.4) is 0 Å². The van der Waals surface area contributed by atoms with E-state index in [9.17, 15) is 33.6 Å². The van der Waals surface area contributed by atoms with Crippen LogP contribution >= 0.6 is 0 Å². The molecule has 1 aromatic rings. The molecule has 0 aromatic heterocycles. The predicted octanol–water partition coefficient (Wildman–Crippen LogP) is 5.11. The topological polar surface area (TPSA) is 273 Å². The van der Waals surface area contributed by atoms with Gasteiger partial charge < -0.3 is 52.3 Å². The molecular formula is C51H86N6O11. The lowest BCUT2D eigenvalue weighted by Gasteiger charge is -2.38. The lowest BCUT2D eigenvalue weighted by Crippen LogP contribution is -2.56. The Kier molecular flexibility index (Phi) is 25.0. The van der Waals surface area contributed by atoms with E-state index in [0.29, 0.717) is 32.1 Å². The van der Waals surface area contributed by atoms with E-state index in [-0.39, 0.29) is 94.9 Å². The molecule has 3 aliphatic rings. The first-order valence-corrected chi connectivity index (χ1v) is 25.1. The number of hydrogen-bond donors (Lipinski definition) is 6. The predicted molar refractivity (Wildman–Crippen MR) is 261 cm³/mol. The van der Waals surface area contributed by atoms with Crippen molar-refractivity contribution < 1.29 is 54.0 Å². The van der Waals surface area contributed by atoms with Crippen LogP contribution in [0, 0.1) is 35.5 Å². The smallest absolute Gasteiger partial charge is 0.408 e. The maximum Gasteiger partial charge on any atom is 0.408 e. The number of hydrogen-bond acceptors (Lipinski definition) is 9. The van der Waals surface area contributed by atoms with Gasteiger partial charge in [-0.2, -0.15) is 0 Å². The molecular weight excluding hydrogens is 873 g/mol. The van der Waals surface area contributed by atoms with E-state index in [1.165, 1.54) is 0 Å². The molecule has 12 atom stereocenters. The van der Waals surface area contributed by atoms with Crippen LogP contribution in [-0.2, 0) is 44.8 Å². The van der Waals surface area contributed by atoms with E-state index < -0.39 is 41.7 Å². The fourth-order valence-electron chi connectivity index (χ4n) is 10.6. The minimum Gasteiger partial charge on any atom is -0.461 e. The Morgan fingerprint density at radius 2 is 0.882 bits per heavy atom. The summed E-state index contributed by atoms with van der Waals surface area (Å²) in [6.07, 6.45) is 10.9. The first-order valence-electron chi connectivity index (χ1n) is 25.1. The van der Waals surface area contributed by atoms with Crippen LogP contribution in [0.4, 0.5) is 4.79 Å². The fraction of sp³-hybridized carbons (Fsp3) is 0.745. The van der Waals surface area contributed by atoms with Crippen molar-refractivity contribution in [2.45, 2.75) is 207 Å². The van der Waals surface area contributed by atoms with Crippen LogP contribution in [0.5, 0.6) is 0 Å². The highest BCUT2D eigenvalue weighted by molar-refractivity contribution is 5.90. The second-order valence-corrected chi connectivity index (χ2v) is 20.2. The zero-order valence-electron chi connectivity index (χ0n) is 42.3. The van der Waals surface area contributed by atoms with Crippen molar-refractivity contribution in [3.05, 3.63) is 35.9 Å². The Hall–Kier alpha value is -4.77. The van der Waals surface area contributed by atoms with Crippen molar-refractivity contribution >= 4 is 41.6 Å². The molecule has 3 aliphatic carbocycles. The highest BCUT2D eigenvalue weighted by Gasteiger charge is 2.41. The molecule has 4 rings (SSSR count). The summed E-state index contributed by atoms with van der Waals surface area (Å²) in [5.41, 5.74) is 0.213. The van der Waals surface area contributed by atoms with Gasteiger partial charge in [-0.15, -0.1) is 0 Å². The summed E-state index contributed by atoms with van der Waals surface area (Å²) >= 11 is 0. The van der Waals surface area contributed by atoms with Crippen molar-refractivity contribution in [3.63, 3.8) is 0 Å². The minimum absolute atomic E-state index is 0. The monoisotopic (exact) mass is 959 g/mol. The normalized spacial score (nSPS) is 24.2. The SMILES string of the molecule is CC[C@@H](C(=O)N[C@H](C)C(=O)N[C@@H]1CCCC[C@@H]1[C@@H](CC)C(=O)N[C@H](C)C(=O)N[C@@H]1CCCC[C@@H]1[C@@H](CC)C(=O)OCc1ccccc1)[C@H]1CCCC[C@H]1NC(=O)[C@@H](C)NC(=O)OC(C)(C)C.O.O. The Bertz CT molecular complexity index is 1780. The van der Waals surface area contributed by atoms with Gasteiger partial charge in [0.25, 0.3) is 0 Å². The number of carbonyl (C=O) groups is 7. The van der Waals surface area contributed by atoms with E-state index in [1.54, 1.807) is 41.5 Å². The molecule has 1 aromatic carbocycles. The van der Waals surface area contributed by atoms with E-state index in [0.717, 1.165) is 69.8 Å². The van der Waals surface area contributed by atoms with Crippen LogP contribution in [0.1, 0.15) is 164 Å². The molecule has 3 saturated carbocycles. The highest BCUT2D eigenvalue weighted by atomic mass is 16.6. The first kappa shape index (κ1) is 59.4. The third-order valence-corrected chi connectivity index (χ3v) is 14.1. The molecule has 0 bridgehead atoms. The van der Waals surface area contributed by atoms with Crippen LogP contribution in [0.25, 0.3) is 0 Å².